The molecule has 2 N–H and O–H groups in total. The van der Waals surface area contributed by atoms with Crippen molar-refractivity contribution in [2.75, 3.05) is 26.1 Å². The summed E-state index contributed by atoms with van der Waals surface area (Å²) in [6, 6.07) is 6.17. The lowest BCUT2D eigenvalue weighted by Crippen LogP contribution is -2.13. The molecule has 0 amide bonds. The second kappa shape index (κ2) is 7.41. The Morgan fingerprint density at radius 2 is 2.04 bits per heavy atom. The van der Waals surface area contributed by atoms with Gasteiger partial charge in [0.1, 0.15) is 5.69 Å². The minimum Gasteiger partial charge on any atom is -0.493 e. The molecule has 0 aliphatic carbocycles. The minimum absolute atomic E-state index is 0.0853. The number of anilines is 1. The number of nitro benzene ring substituents is 1. The van der Waals surface area contributed by atoms with Crippen molar-refractivity contribution in [2.24, 2.45) is 0 Å². The number of ether oxygens (including phenoxy) is 2. The Morgan fingerprint density at radius 3 is 2.61 bits per heavy atom. The molecule has 0 unspecified atom stereocenters. The first-order valence-corrected chi connectivity index (χ1v) is 6.79. The summed E-state index contributed by atoms with van der Waals surface area (Å²) in [5.41, 5.74) is 0.680. The third kappa shape index (κ3) is 3.86. The number of hydrogen-bond donors (Lipinski definition) is 2. The molecule has 1 aromatic heterocycles. The molecule has 8 heteroatoms. The summed E-state index contributed by atoms with van der Waals surface area (Å²) in [7, 11) is 2.85. The molecule has 0 aliphatic rings. The van der Waals surface area contributed by atoms with Crippen molar-refractivity contribution in [3.8, 4) is 11.5 Å². The zero-order valence-corrected chi connectivity index (χ0v) is 12.7. The Morgan fingerprint density at radius 1 is 1.35 bits per heavy atom. The fourth-order valence-corrected chi connectivity index (χ4v) is 2.06. The number of hydrogen-bond acceptors (Lipinski definition) is 7. The lowest BCUT2D eigenvalue weighted by atomic mass is 10.1. The second-order valence-corrected chi connectivity index (χ2v) is 4.66. The molecule has 2 aromatic rings. The van der Waals surface area contributed by atoms with Gasteiger partial charge in [0, 0.05) is 30.6 Å². The molecule has 1 aromatic carbocycles. The van der Waals surface area contributed by atoms with Crippen LogP contribution in [0.2, 0.25) is 0 Å². The molecule has 0 aliphatic heterocycles. The van der Waals surface area contributed by atoms with Gasteiger partial charge in [0.25, 0.3) is 5.69 Å². The van der Waals surface area contributed by atoms with Crippen molar-refractivity contribution < 1.29 is 19.5 Å². The third-order valence-electron chi connectivity index (χ3n) is 3.25. The molecule has 23 heavy (non-hydrogen) atoms. The highest BCUT2D eigenvalue weighted by atomic mass is 16.6. The zero-order chi connectivity index (χ0) is 16.8. The Bertz CT molecular complexity index is 678. The Hall–Kier alpha value is -2.87. The van der Waals surface area contributed by atoms with Crippen LogP contribution in [0.5, 0.6) is 11.5 Å². The summed E-state index contributed by atoms with van der Waals surface area (Å²) in [4.78, 5) is 14.6. The zero-order valence-electron chi connectivity index (χ0n) is 12.7. The van der Waals surface area contributed by atoms with Crippen molar-refractivity contribution in [3.63, 3.8) is 0 Å². The van der Waals surface area contributed by atoms with E-state index in [0.29, 0.717) is 11.3 Å². The first kappa shape index (κ1) is 16.5. The topological polar surface area (TPSA) is 107 Å². The summed E-state index contributed by atoms with van der Waals surface area (Å²) >= 11 is 0. The van der Waals surface area contributed by atoms with E-state index in [9.17, 15) is 15.2 Å². The molecule has 0 fully saturated rings. The minimum atomic E-state index is -0.851. The predicted octanol–water partition coefficient (Wildman–Crippen LogP) is 2.15. The maximum Gasteiger partial charge on any atom is 0.296 e. The van der Waals surface area contributed by atoms with E-state index in [1.165, 1.54) is 32.5 Å². The number of nitrogens with zero attached hydrogens (tertiary/aromatic N) is 2. The van der Waals surface area contributed by atoms with E-state index >= 15 is 0 Å². The van der Waals surface area contributed by atoms with Gasteiger partial charge in [-0.3, -0.25) is 15.1 Å². The van der Waals surface area contributed by atoms with Gasteiger partial charge < -0.3 is 19.9 Å². The lowest BCUT2D eigenvalue weighted by Gasteiger charge is -2.15. The smallest absolute Gasteiger partial charge is 0.296 e. The Kier molecular flexibility index (Phi) is 5.32. The van der Waals surface area contributed by atoms with Crippen molar-refractivity contribution in [3.05, 3.63) is 52.3 Å². The number of nitro groups is 1. The van der Waals surface area contributed by atoms with E-state index in [0.717, 1.165) is 0 Å². The van der Waals surface area contributed by atoms with Crippen LogP contribution in [-0.2, 0) is 0 Å². The maximum absolute atomic E-state index is 11.2. The number of nitrogens with one attached hydrogen (secondary N) is 1. The van der Waals surface area contributed by atoms with Crippen molar-refractivity contribution >= 4 is 11.4 Å². The van der Waals surface area contributed by atoms with Gasteiger partial charge in [-0.15, -0.1) is 0 Å². The average molecular weight is 319 g/mol. The monoisotopic (exact) mass is 319 g/mol. The van der Waals surface area contributed by atoms with E-state index in [2.05, 4.69) is 10.3 Å². The number of methoxy groups -OCH3 is 2. The summed E-state index contributed by atoms with van der Waals surface area (Å²) < 4.78 is 10.2. The van der Waals surface area contributed by atoms with Gasteiger partial charge in [-0.2, -0.15) is 0 Å². The van der Waals surface area contributed by atoms with Crippen LogP contribution in [0.4, 0.5) is 11.4 Å². The SMILES string of the molecule is COc1cc(NC[C@@H](O)c2cccnc2)c([N+](=O)[O-])cc1OC. The molecule has 2 rings (SSSR count). The molecule has 8 nitrogen and oxygen atoms in total. The van der Waals surface area contributed by atoms with Gasteiger partial charge in [0.2, 0.25) is 0 Å². The first-order valence-electron chi connectivity index (χ1n) is 6.79. The van der Waals surface area contributed by atoms with Crippen molar-refractivity contribution in [1.29, 1.82) is 0 Å². The lowest BCUT2D eigenvalue weighted by molar-refractivity contribution is -0.384. The van der Waals surface area contributed by atoms with Crippen LogP contribution in [0.3, 0.4) is 0 Å². The predicted molar refractivity (Wildman–Crippen MR) is 83.9 cm³/mol. The summed E-state index contributed by atoms with van der Waals surface area (Å²) in [5.74, 6) is 0.619. The van der Waals surface area contributed by atoms with Crippen LogP contribution >= 0.6 is 0 Å². The molecule has 1 heterocycles. The average Bonchev–Trinajstić information content (AvgIpc) is 2.59. The maximum atomic E-state index is 11.2. The van der Waals surface area contributed by atoms with Crippen molar-refractivity contribution in [1.82, 2.24) is 4.98 Å². The fraction of sp³-hybridized carbons (Fsp3) is 0.267. The first-order chi connectivity index (χ1) is 11.1. The van der Waals surface area contributed by atoms with E-state index < -0.39 is 11.0 Å². The normalized spacial score (nSPS) is 11.6. The Labute approximate surface area is 132 Å². The molecule has 0 saturated heterocycles. The molecule has 0 saturated carbocycles. The summed E-state index contributed by atoms with van der Waals surface area (Å²) in [6.07, 6.45) is 2.29. The van der Waals surface area contributed by atoms with Crippen LogP contribution in [-0.4, -0.2) is 35.8 Å². The van der Waals surface area contributed by atoms with Gasteiger partial charge in [0.05, 0.1) is 31.3 Å². The largest absolute Gasteiger partial charge is 0.493 e. The molecule has 0 bridgehead atoms. The van der Waals surface area contributed by atoms with E-state index in [1.807, 2.05) is 0 Å². The highest BCUT2D eigenvalue weighted by Gasteiger charge is 2.20. The standard InChI is InChI=1S/C15H17N3O5/c1-22-14-6-11(12(18(20)21)7-15(14)23-2)17-9-13(19)10-4-3-5-16-8-10/h3-8,13,17,19H,9H2,1-2H3/t13-/m1/s1. The summed E-state index contributed by atoms with van der Waals surface area (Å²) in [6.45, 7) is 0.0853. The quantitative estimate of drug-likeness (QED) is 0.595. The number of aliphatic hydroxyl groups excluding tert-OH is 1. The van der Waals surface area contributed by atoms with Gasteiger partial charge >= 0.3 is 0 Å². The van der Waals surface area contributed by atoms with Crippen LogP contribution in [0.25, 0.3) is 0 Å². The van der Waals surface area contributed by atoms with Crippen LogP contribution < -0.4 is 14.8 Å². The highest BCUT2D eigenvalue weighted by Crippen LogP contribution is 2.37. The van der Waals surface area contributed by atoms with E-state index in [-0.39, 0.29) is 23.7 Å². The Balaban J connectivity index is 2.22. The van der Waals surface area contributed by atoms with Gasteiger partial charge in [0.15, 0.2) is 11.5 Å². The number of aliphatic hydroxyl groups is 1. The number of aromatic nitrogens is 1. The highest BCUT2D eigenvalue weighted by molar-refractivity contribution is 5.68. The third-order valence-corrected chi connectivity index (χ3v) is 3.25. The molecular formula is C15H17N3O5. The van der Waals surface area contributed by atoms with Gasteiger partial charge in [-0.05, 0) is 6.07 Å². The number of rotatable bonds is 7. The summed E-state index contributed by atoms with van der Waals surface area (Å²) in [5, 5.41) is 24.2. The van der Waals surface area contributed by atoms with Gasteiger partial charge in [-0.1, -0.05) is 6.07 Å². The number of pyridine rings is 1. The van der Waals surface area contributed by atoms with E-state index in [1.54, 1.807) is 18.3 Å². The molecule has 122 valence electrons. The van der Waals surface area contributed by atoms with Crippen molar-refractivity contribution in [2.45, 2.75) is 6.10 Å². The molecule has 1 atom stereocenters. The van der Waals surface area contributed by atoms with Crippen LogP contribution in [0.15, 0.2) is 36.7 Å². The fourth-order valence-electron chi connectivity index (χ4n) is 2.06. The van der Waals surface area contributed by atoms with Crippen LogP contribution in [0, 0.1) is 10.1 Å². The second-order valence-electron chi connectivity index (χ2n) is 4.66. The van der Waals surface area contributed by atoms with Gasteiger partial charge in [-0.25, -0.2) is 0 Å². The molecular weight excluding hydrogens is 302 g/mol. The van der Waals surface area contributed by atoms with Crippen LogP contribution in [0.1, 0.15) is 11.7 Å². The van der Waals surface area contributed by atoms with E-state index in [4.69, 9.17) is 9.47 Å². The number of benzene rings is 1. The molecule has 0 spiro atoms. The molecule has 0 radical (unpaired) electrons.